The van der Waals surface area contributed by atoms with Crippen molar-refractivity contribution >= 4 is 28.5 Å². The molecule has 0 fully saturated rings. The van der Waals surface area contributed by atoms with Crippen molar-refractivity contribution in [3.05, 3.63) is 27.3 Å². The van der Waals surface area contributed by atoms with E-state index in [0.717, 1.165) is 3.57 Å². The lowest BCUT2D eigenvalue weighted by molar-refractivity contribution is 0.0768. The van der Waals surface area contributed by atoms with Crippen LogP contribution >= 0.6 is 22.6 Å². The van der Waals surface area contributed by atoms with Gasteiger partial charge in [-0.15, -0.1) is 0 Å². The number of carbonyl (C=O) groups excluding carboxylic acids is 1. The predicted molar refractivity (Wildman–Crippen MR) is 73.0 cm³/mol. The summed E-state index contributed by atoms with van der Waals surface area (Å²) in [5.41, 5.74) is 0.661. The van der Waals surface area contributed by atoms with E-state index in [2.05, 4.69) is 22.6 Å². The SMILES string of the molecule is CCN(CC)C(=O)c1c(I)cccc1OC. The van der Waals surface area contributed by atoms with E-state index in [1.54, 1.807) is 12.0 Å². The monoisotopic (exact) mass is 333 g/mol. The van der Waals surface area contributed by atoms with Gasteiger partial charge in [0.15, 0.2) is 0 Å². The minimum Gasteiger partial charge on any atom is -0.496 e. The summed E-state index contributed by atoms with van der Waals surface area (Å²) in [6, 6.07) is 5.62. The maximum Gasteiger partial charge on any atom is 0.258 e. The number of carbonyl (C=O) groups is 1. The van der Waals surface area contributed by atoms with Crippen LogP contribution in [0.5, 0.6) is 5.75 Å². The summed E-state index contributed by atoms with van der Waals surface area (Å²) in [4.78, 5) is 14.0. The molecule has 0 saturated heterocycles. The van der Waals surface area contributed by atoms with Crippen LogP contribution in [-0.2, 0) is 0 Å². The Hall–Kier alpha value is -0.780. The van der Waals surface area contributed by atoms with Gasteiger partial charge in [-0.3, -0.25) is 4.79 Å². The Labute approximate surface area is 110 Å². The van der Waals surface area contributed by atoms with Gasteiger partial charge in [0.05, 0.1) is 12.7 Å². The summed E-state index contributed by atoms with van der Waals surface area (Å²) < 4.78 is 6.16. The third-order valence-corrected chi connectivity index (χ3v) is 3.36. The van der Waals surface area contributed by atoms with E-state index in [1.165, 1.54) is 0 Å². The van der Waals surface area contributed by atoms with Crippen molar-refractivity contribution in [3.63, 3.8) is 0 Å². The third kappa shape index (κ3) is 2.66. The summed E-state index contributed by atoms with van der Waals surface area (Å²) >= 11 is 2.16. The molecule has 0 spiro atoms. The van der Waals surface area contributed by atoms with Gasteiger partial charge in [-0.1, -0.05) is 6.07 Å². The zero-order chi connectivity index (χ0) is 12.1. The summed E-state index contributed by atoms with van der Waals surface area (Å²) in [6.07, 6.45) is 0. The number of halogens is 1. The first kappa shape index (κ1) is 13.3. The second-order valence-corrected chi connectivity index (χ2v) is 4.46. The van der Waals surface area contributed by atoms with Crippen LogP contribution in [-0.4, -0.2) is 31.0 Å². The number of nitrogens with zero attached hydrogens (tertiary/aromatic N) is 1. The molecule has 88 valence electrons. The maximum atomic E-state index is 12.2. The molecule has 0 aromatic heterocycles. The third-order valence-electron chi connectivity index (χ3n) is 2.46. The molecule has 0 radical (unpaired) electrons. The number of ether oxygens (including phenoxy) is 1. The fourth-order valence-electron chi connectivity index (χ4n) is 1.55. The minimum atomic E-state index is 0.0341. The Morgan fingerprint density at radius 1 is 1.38 bits per heavy atom. The number of hydrogen-bond acceptors (Lipinski definition) is 2. The van der Waals surface area contributed by atoms with Crippen LogP contribution in [0.1, 0.15) is 24.2 Å². The van der Waals surface area contributed by atoms with Gasteiger partial charge in [0.25, 0.3) is 5.91 Å². The normalized spacial score (nSPS) is 10.0. The molecule has 4 heteroatoms. The smallest absolute Gasteiger partial charge is 0.258 e. The highest BCUT2D eigenvalue weighted by atomic mass is 127. The van der Waals surface area contributed by atoms with Crippen LogP contribution in [0, 0.1) is 3.57 Å². The van der Waals surface area contributed by atoms with Crippen LogP contribution in [0.2, 0.25) is 0 Å². The molecule has 0 saturated carbocycles. The Kier molecular flexibility index (Phi) is 5.05. The highest BCUT2D eigenvalue weighted by Crippen LogP contribution is 2.25. The van der Waals surface area contributed by atoms with Gasteiger partial charge in [-0.25, -0.2) is 0 Å². The molecule has 1 aromatic rings. The molecule has 0 heterocycles. The Morgan fingerprint density at radius 3 is 2.50 bits per heavy atom. The van der Waals surface area contributed by atoms with Crippen molar-refractivity contribution in [2.75, 3.05) is 20.2 Å². The molecule has 0 atom stereocenters. The van der Waals surface area contributed by atoms with Crippen LogP contribution in [0.15, 0.2) is 18.2 Å². The van der Waals surface area contributed by atoms with Crippen molar-refractivity contribution in [3.8, 4) is 5.75 Å². The first-order chi connectivity index (χ1) is 7.65. The maximum absolute atomic E-state index is 12.2. The van der Waals surface area contributed by atoms with Crippen molar-refractivity contribution < 1.29 is 9.53 Å². The van der Waals surface area contributed by atoms with Gasteiger partial charge in [0.1, 0.15) is 5.75 Å². The van der Waals surface area contributed by atoms with E-state index in [-0.39, 0.29) is 5.91 Å². The zero-order valence-corrected chi connectivity index (χ0v) is 11.9. The van der Waals surface area contributed by atoms with E-state index in [9.17, 15) is 4.79 Å². The van der Waals surface area contributed by atoms with E-state index >= 15 is 0 Å². The fraction of sp³-hybridized carbons (Fsp3) is 0.417. The predicted octanol–water partition coefficient (Wildman–Crippen LogP) is 2.78. The molecule has 0 aliphatic heterocycles. The minimum absolute atomic E-state index is 0.0341. The molecule has 0 unspecified atom stereocenters. The van der Waals surface area contributed by atoms with Crippen LogP contribution < -0.4 is 4.74 Å². The molecule has 0 N–H and O–H groups in total. The lowest BCUT2D eigenvalue weighted by atomic mass is 10.1. The van der Waals surface area contributed by atoms with E-state index < -0.39 is 0 Å². The zero-order valence-electron chi connectivity index (χ0n) is 9.79. The Balaban J connectivity index is 3.16. The molecular weight excluding hydrogens is 317 g/mol. The summed E-state index contributed by atoms with van der Waals surface area (Å²) in [7, 11) is 1.59. The highest BCUT2D eigenvalue weighted by molar-refractivity contribution is 14.1. The second-order valence-electron chi connectivity index (χ2n) is 3.29. The first-order valence-electron chi connectivity index (χ1n) is 5.27. The molecular formula is C12H16INO2. The number of amides is 1. The van der Waals surface area contributed by atoms with Gasteiger partial charge in [0, 0.05) is 16.7 Å². The topological polar surface area (TPSA) is 29.5 Å². The van der Waals surface area contributed by atoms with E-state index in [1.807, 2.05) is 32.0 Å². The number of hydrogen-bond donors (Lipinski definition) is 0. The standard InChI is InChI=1S/C12H16INO2/c1-4-14(5-2)12(15)11-9(13)7-6-8-10(11)16-3/h6-8H,4-5H2,1-3H3. The molecule has 0 bridgehead atoms. The summed E-state index contributed by atoms with van der Waals surface area (Å²) in [5, 5.41) is 0. The molecule has 1 aromatic carbocycles. The molecule has 1 rings (SSSR count). The summed E-state index contributed by atoms with van der Waals surface area (Å²) in [6.45, 7) is 5.38. The van der Waals surface area contributed by atoms with E-state index in [0.29, 0.717) is 24.4 Å². The van der Waals surface area contributed by atoms with Crippen molar-refractivity contribution in [1.29, 1.82) is 0 Å². The summed E-state index contributed by atoms with van der Waals surface area (Å²) in [5.74, 6) is 0.677. The van der Waals surface area contributed by atoms with E-state index in [4.69, 9.17) is 4.74 Å². The first-order valence-corrected chi connectivity index (χ1v) is 6.35. The molecule has 3 nitrogen and oxygen atoms in total. The Morgan fingerprint density at radius 2 is 2.00 bits per heavy atom. The van der Waals surface area contributed by atoms with Crippen LogP contribution in [0.25, 0.3) is 0 Å². The molecule has 1 amide bonds. The molecule has 0 aliphatic rings. The van der Waals surface area contributed by atoms with Gasteiger partial charge in [0.2, 0.25) is 0 Å². The van der Waals surface area contributed by atoms with Gasteiger partial charge >= 0.3 is 0 Å². The lowest BCUT2D eigenvalue weighted by Crippen LogP contribution is -2.31. The average Bonchev–Trinajstić information content (AvgIpc) is 2.29. The fourth-order valence-corrected chi connectivity index (χ4v) is 2.26. The highest BCUT2D eigenvalue weighted by Gasteiger charge is 2.19. The largest absolute Gasteiger partial charge is 0.496 e. The lowest BCUT2D eigenvalue weighted by Gasteiger charge is -2.20. The van der Waals surface area contributed by atoms with Gasteiger partial charge in [-0.05, 0) is 48.6 Å². The van der Waals surface area contributed by atoms with Gasteiger partial charge < -0.3 is 9.64 Å². The Bertz CT molecular complexity index is 375. The number of benzene rings is 1. The van der Waals surface area contributed by atoms with Crippen LogP contribution in [0.4, 0.5) is 0 Å². The average molecular weight is 333 g/mol. The number of rotatable bonds is 4. The van der Waals surface area contributed by atoms with Crippen molar-refractivity contribution in [1.82, 2.24) is 4.90 Å². The van der Waals surface area contributed by atoms with Gasteiger partial charge in [-0.2, -0.15) is 0 Å². The number of methoxy groups -OCH3 is 1. The quantitative estimate of drug-likeness (QED) is 0.793. The molecule has 16 heavy (non-hydrogen) atoms. The molecule has 0 aliphatic carbocycles. The van der Waals surface area contributed by atoms with Crippen LogP contribution in [0.3, 0.4) is 0 Å². The van der Waals surface area contributed by atoms with Crippen molar-refractivity contribution in [2.45, 2.75) is 13.8 Å². The van der Waals surface area contributed by atoms with Crippen molar-refractivity contribution in [2.24, 2.45) is 0 Å². The second kappa shape index (κ2) is 6.08.